The van der Waals surface area contributed by atoms with Crippen LogP contribution in [0, 0.1) is 89.4 Å². The second kappa shape index (κ2) is 57.0. The molecule has 0 aliphatic rings. The second-order valence-corrected chi connectivity index (χ2v) is 33.0. The molecule has 0 heterocycles. The molecular weight excluding hydrogens is 1550 g/mol. The standard InChI is InChI=1S/2C16H17NO2.C16H19NO.C13H19NO.2C12H17NO.2C12H17N/c2*1-12-8-10-13(11-9-12)19-15-7-5-4-6-14(15)16(18)17(2)3;1-13-8-10-15(11-9-13)18-16-7-5-4-6-14(16)12-17(2)3;1-9-7-10(2)13(15)12(8-9)6-4-5-11(3)14;1-9-6-11(8-12(14)7-9)5-3-4-10(2)13;1-9-6-7-12(14)8-11(9)5-3-4-10(2)13;1-10-5-3-7-12(9-10)8-4-6-11(2)13;1-10-6-8-12(9-7-10)5-3-4-11(2)13/h2*4-11H,1-3H3;4-11H,12H2,1-3H3;7-8,14-15H,4-6H2,1-3H3;2*6-8,13-14H,3-5H2,1-2H3;3,5,7,9,13H,4,6,8H2,1-2H3;6-9,13H,3-5H2,1-2H3. The van der Waals surface area contributed by atoms with Crippen LogP contribution in [0.25, 0.3) is 0 Å². The van der Waals surface area contributed by atoms with Gasteiger partial charge in [-0.2, -0.15) is 0 Å². The fraction of sp³-hybridized carbons (Fsp3) is 0.330. The van der Waals surface area contributed by atoms with Crippen LogP contribution in [0.1, 0.15) is 203 Å². The number of hydrogen-bond acceptors (Lipinski definition) is 14. The Morgan fingerprint density at radius 3 is 1.08 bits per heavy atom. The summed E-state index contributed by atoms with van der Waals surface area (Å²) < 4.78 is 17.5. The molecule has 0 radical (unpaired) electrons. The van der Waals surface area contributed by atoms with Gasteiger partial charge in [0.05, 0.1) is 11.1 Å². The zero-order chi connectivity index (χ0) is 92.5. The Hall–Kier alpha value is -12.5. The summed E-state index contributed by atoms with van der Waals surface area (Å²) in [6.07, 6.45) is 14.4. The third-order valence-corrected chi connectivity index (χ3v) is 19.5. The number of phenolic OH excluding ortho intramolecular Hbond substituents is 3. The largest absolute Gasteiger partial charge is 0.508 e. The third-order valence-electron chi connectivity index (χ3n) is 19.5. The van der Waals surface area contributed by atoms with Crippen molar-refractivity contribution in [2.24, 2.45) is 0 Å². The van der Waals surface area contributed by atoms with E-state index < -0.39 is 0 Å². The second-order valence-electron chi connectivity index (χ2n) is 33.0. The van der Waals surface area contributed by atoms with Crippen molar-refractivity contribution in [1.29, 1.82) is 27.0 Å². The van der Waals surface area contributed by atoms with Gasteiger partial charge in [0.25, 0.3) is 11.8 Å². The van der Waals surface area contributed by atoms with Gasteiger partial charge in [-0.25, -0.2) is 0 Å². The Morgan fingerprint density at radius 2 is 0.664 bits per heavy atom. The molecular formula is C109H140N8O8. The number of phenols is 3. The van der Waals surface area contributed by atoms with Crippen LogP contribution in [0.3, 0.4) is 0 Å². The molecule has 11 aromatic carbocycles. The number of aryl methyl sites for hydroxylation is 14. The van der Waals surface area contributed by atoms with Crippen LogP contribution < -0.4 is 14.2 Å². The van der Waals surface area contributed by atoms with Crippen molar-refractivity contribution in [2.75, 3.05) is 42.3 Å². The van der Waals surface area contributed by atoms with Gasteiger partial charge in [-0.1, -0.05) is 185 Å². The number of carbonyl (C=O) groups excluding carboxylic acids is 2. The van der Waals surface area contributed by atoms with Crippen LogP contribution in [0.2, 0.25) is 0 Å². The monoisotopic (exact) mass is 1690 g/mol. The Balaban J connectivity index is 0.000000301. The third kappa shape index (κ3) is 44.4. The first-order valence-electron chi connectivity index (χ1n) is 43.1. The number of amides is 2. The molecule has 0 spiro atoms. The Kier molecular flexibility index (Phi) is 47.8. The van der Waals surface area contributed by atoms with Crippen molar-refractivity contribution in [1.82, 2.24) is 14.7 Å². The highest BCUT2D eigenvalue weighted by Gasteiger charge is 2.17. The number of ether oxygens (including phenoxy) is 3. The molecule has 664 valence electrons. The molecule has 11 rings (SSSR count). The first kappa shape index (κ1) is 105. The summed E-state index contributed by atoms with van der Waals surface area (Å²) in [4.78, 5) is 29.3. The molecule has 0 aromatic heterocycles. The zero-order valence-electron chi connectivity index (χ0n) is 78.1. The van der Waals surface area contributed by atoms with Gasteiger partial charge in [0.2, 0.25) is 0 Å². The van der Waals surface area contributed by atoms with E-state index in [9.17, 15) is 24.9 Å². The lowest BCUT2D eigenvalue weighted by Crippen LogP contribution is -2.22. The maximum absolute atomic E-state index is 12.1. The maximum Gasteiger partial charge on any atom is 0.257 e. The highest BCUT2D eigenvalue weighted by molar-refractivity contribution is 5.97. The van der Waals surface area contributed by atoms with E-state index in [2.05, 4.69) is 113 Å². The number of rotatable bonds is 30. The topological polar surface area (TPSA) is 251 Å². The predicted octanol–water partition coefficient (Wildman–Crippen LogP) is 27.0. The van der Waals surface area contributed by atoms with E-state index >= 15 is 0 Å². The average molecular weight is 1690 g/mol. The van der Waals surface area contributed by atoms with Gasteiger partial charge in [0.1, 0.15) is 51.7 Å². The Morgan fingerprint density at radius 1 is 0.296 bits per heavy atom. The lowest BCUT2D eigenvalue weighted by atomic mass is 10.0. The predicted molar refractivity (Wildman–Crippen MR) is 524 cm³/mol. The number of nitrogens with one attached hydrogen (secondary N) is 5. The number of benzene rings is 11. The molecule has 0 saturated heterocycles. The van der Waals surface area contributed by atoms with Gasteiger partial charge in [-0.15, -0.1) is 0 Å². The maximum atomic E-state index is 12.1. The first-order valence-corrected chi connectivity index (χ1v) is 43.1. The fourth-order valence-electron chi connectivity index (χ4n) is 12.8. The SMILES string of the molecule is CC(=N)CCCc1cc(C)cc(C)c1O.CC(=N)CCCc1cc(C)cc(O)c1.CC(=N)CCCc1cc(O)ccc1C.CC(=N)CCCc1ccc(C)cc1.CC(=N)CCCc1cccc(C)c1.Cc1ccc(Oc2ccccc2C(=O)N(C)C)cc1.Cc1ccc(Oc2ccccc2C(=O)N(C)C)cc1.Cc1ccc(Oc2ccccc2CN(C)C)cc1. The number of carbonyl (C=O) groups is 2. The van der Waals surface area contributed by atoms with Crippen molar-refractivity contribution in [3.8, 4) is 51.7 Å². The van der Waals surface area contributed by atoms with Crippen LogP contribution in [-0.4, -0.2) is 113 Å². The highest BCUT2D eigenvalue weighted by Crippen LogP contribution is 2.31. The van der Waals surface area contributed by atoms with E-state index in [0.717, 1.165) is 171 Å². The van der Waals surface area contributed by atoms with Crippen LogP contribution >= 0.6 is 0 Å². The van der Waals surface area contributed by atoms with Gasteiger partial charge < -0.3 is 71.3 Å². The normalized spacial score (nSPS) is 10.2. The molecule has 0 atom stereocenters. The van der Waals surface area contributed by atoms with Gasteiger partial charge in [-0.05, 0) is 343 Å². The van der Waals surface area contributed by atoms with Gasteiger partial charge in [0.15, 0.2) is 0 Å². The Bertz CT molecular complexity index is 5020. The first-order chi connectivity index (χ1) is 59.3. The van der Waals surface area contributed by atoms with Crippen molar-refractivity contribution < 1.29 is 39.1 Å². The minimum Gasteiger partial charge on any atom is -0.508 e. The van der Waals surface area contributed by atoms with Crippen molar-refractivity contribution in [3.05, 3.63) is 337 Å². The molecule has 2 amide bonds. The molecule has 0 saturated carbocycles. The summed E-state index contributed by atoms with van der Waals surface area (Å²) >= 11 is 0. The number of hydrogen-bond donors (Lipinski definition) is 8. The van der Waals surface area contributed by atoms with E-state index in [0.29, 0.717) is 45.6 Å². The van der Waals surface area contributed by atoms with Crippen LogP contribution in [0.5, 0.6) is 51.7 Å². The summed E-state index contributed by atoms with van der Waals surface area (Å²) in [5.74, 6) is 5.36. The van der Waals surface area contributed by atoms with Gasteiger partial charge >= 0.3 is 0 Å². The minimum atomic E-state index is -0.0669. The Labute approximate surface area is 747 Å². The molecule has 16 heteroatoms. The summed E-state index contributed by atoms with van der Waals surface area (Å²) in [6, 6.07) is 78.6. The van der Waals surface area contributed by atoms with E-state index in [4.69, 9.17) is 41.3 Å². The van der Waals surface area contributed by atoms with E-state index in [-0.39, 0.29) is 11.8 Å². The summed E-state index contributed by atoms with van der Waals surface area (Å²) in [7, 11) is 11.0. The smallest absolute Gasteiger partial charge is 0.257 e. The number of aromatic hydroxyl groups is 3. The molecule has 0 bridgehead atoms. The van der Waals surface area contributed by atoms with Crippen LogP contribution in [-0.2, 0) is 38.6 Å². The lowest BCUT2D eigenvalue weighted by Gasteiger charge is -2.14. The molecule has 0 unspecified atom stereocenters. The van der Waals surface area contributed by atoms with Crippen molar-refractivity contribution in [3.63, 3.8) is 0 Å². The average Bonchev–Trinajstić information content (AvgIpc) is 0.380. The van der Waals surface area contributed by atoms with Crippen LogP contribution in [0.15, 0.2) is 243 Å². The molecule has 0 fully saturated rings. The lowest BCUT2D eigenvalue weighted by molar-refractivity contribution is 0.0817. The fourth-order valence-corrected chi connectivity index (χ4v) is 12.8. The van der Waals surface area contributed by atoms with Gasteiger partial charge in [-0.3, -0.25) is 9.59 Å². The van der Waals surface area contributed by atoms with E-state index in [1.54, 1.807) is 70.7 Å². The molecule has 16 nitrogen and oxygen atoms in total. The zero-order valence-corrected chi connectivity index (χ0v) is 78.1. The van der Waals surface area contributed by atoms with E-state index in [1.807, 2.05) is 204 Å². The summed E-state index contributed by atoms with van der Waals surface area (Å²) in [5.41, 5.74) is 22.8. The van der Waals surface area contributed by atoms with E-state index in [1.165, 1.54) is 71.0 Å². The molecule has 11 aromatic rings. The molecule has 0 aliphatic carbocycles. The van der Waals surface area contributed by atoms with Crippen LogP contribution in [0.4, 0.5) is 0 Å². The summed E-state index contributed by atoms with van der Waals surface area (Å²) in [5, 5.41) is 65.0. The molecule has 0 aliphatic heterocycles. The van der Waals surface area contributed by atoms with Crippen molar-refractivity contribution in [2.45, 2.75) is 200 Å². The highest BCUT2D eigenvalue weighted by atomic mass is 16.5. The van der Waals surface area contributed by atoms with Crippen molar-refractivity contribution >= 4 is 40.4 Å². The summed E-state index contributed by atoms with van der Waals surface area (Å²) in [6.45, 7) is 28.4. The number of para-hydroxylation sites is 3. The number of nitrogens with zero attached hydrogens (tertiary/aromatic N) is 3. The molecule has 125 heavy (non-hydrogen) atoms. The quantitative estimate of drug-likeness (QED) is 0.0199. The molecule has 8 N–H and O–H groups in total. The van der Waals surface area contributed by atoms with Gasteiger partial charge in [0, 0.05) is 68.9 Å². The minimum absolute atomic E-state index is 0.0669.